The lowest BCUT2D eigenvalue weighted by atomic mass is 10.2. The van der Waals surface area contributed by atoms with E-state index in [2.05, 4.69) is 22.1 Å². The summed E-state index contributed by atoms with van der Waals surface area (Å²) in [5, 5.41) is 5.79. The summed E-state index contributed by atoms with van der Waals surface area (Å²) in [6.07, 6.45) is 5.16. The van der Waals surface area contributed by atoms with Gasteiger partial charge in [0.25, 0.3) is 0 Å². The van der Waals surface area contributed by atoms with Crippen molar-refractivity contribution < 1.29 is 4.42 Å². The number of nitrogens with one attached hydrogen (secondary N) is 1. The second kappa shape index (κ2) is 9.98. The van der Waals surface area contributed by atoms with Crippen molar-refractivity contribution in [3.8, 4) is 0 Å². The number of benzene rings is 1. The molecule has 0 bridgehead atoms. The molecule has 0 amide bonds. The maximum Gasteiger partial charge on any atom is 0.193 e. The van der Waals surface area contributed by atoms with Crippen LogP contribution in [0.4, 0.5) is 5.69 Å². The van der Waals surface area contributed by atoms with Gasteiger partial charge in [0.1, 0.15) is 5.76 Å². The summed E-state index contributed by atoms with van der Waals surface area (Å²) in [4.78, 5) is 6.80. The molecule has 0 fully saturated rings. The molecule has 0 radical (unpaired) electrons. The molecule has 1 N–H and O–H groups in total. The van der Waals surface area contributed by atoms with Crippen LogP contribution < -0.4 is 5.32 Å². The van der Waals surface area contributed by atoms with Crippen molar-refractivity contribution in [2.24, 2.45) is 0 Å². The summed E-state index contributed by atoms with van der Waals surface area (Å²) in [7, 11) is 0. The van der Waals surface area contributed by atoms with Crippen molar-refractivity contribution in [3.05, 3.63) is 58.6 Å². The smallest absolute Gasteiger partial charge is 0.193 e. The molecule has 2 heterocycles. The topological polar surface area (TPSA) is 41.3 Å². The summed E-state index contributed by atoms with van der Waals surface area (Å²) in [5.41, 5.74) is 2.02. The summed E-state index contributed by atoms with van der Waals surface area (Å²) < 4.78 is 5.49. The van der Waals surface area contributed by atoms with Crippen molar-refractivity contribution in [1.29, 1.82) is 0 Å². The largest absolute Gasteiger partial charge is 0.448 e. The Balaban J connectivity index is 1.46. The number of nitrogens with zero attached hydrogens (tertiary/aromatic N) is 2. The van der Waals surface area contributed by atoms with Gasteiger partial charge in [-0.2, -0.15) is 0 Å². The van der Waals surface area contributed by atoms with Crippen LogP contribution in [0, 0.1) is 0 Å². The number of fused-ring (bicyclic) bond motifs is 1. The van der Waals surface area contributed by atoms with Gasteiger partial charge in [-0.25, -0.2) is 0 Å². The van der Waals surface area contributed by atoms with Gasteiger partial charge in [0, 0.05) is 28.8 Å². The Hall–Kier alpha value is -1.75. The number of rotatable bonds is 10. The fourth-order valence-corrected chi connectivity index (χ4v) is 3.53. The van der Waals surface area contributed by atoms with Gasteiger partial charge in [0.05, 0.1) is 12.1 Å². The van der Waals surface area contributed by atoms with E-state index < -0.39 is 0 Å². The van der Waals surface area contributed by atoms with E-state index >= 15 is 0 Å². The molecule has 0 aliphatic rings. The molecular weight excluding hydrogens is 381 g/mol. The molecule has 3 aromatic rings. The van der Waals surface area contributed by atoms with Gasteiger partial charge in [-0.05, 0) is 80.4 Å². The third-order valence-electron chi connectivity index (χ3n) is 4.47. The lowest BCUT2D eigenvalue weighted by molar-refractivity contribution is 0.240. The number of anilines is 1. The highest BCUT2D eigenvalue weighted by atomic mass is 35.5. The average Bonchev–Trinajstić information content (AvgIpc) is 3.06. The van der Waals surface area contributed by atoms with Gasteiger partial charge < -0.3 is 9.73 Å². The van der Waals surface area contributed by atoms with Gasteiger partial charge >= 0.3 is 0 Å². The Kier molecular flexibility index (Phi) is 7.39. The van der Waals surface area contributed by atoms with Crippen LogP contribution in [0.3, 0.4) is 0 Å². The summed E-state index contributed by atoms with van der Waals surface area (Å²) in [5.74, 6) is 0.925. The highest BCUT2D eigenvalue weighted by molar-refractivity contribution is 6.31. The third-order valence-corrected chi connectivity index (χ3v) is 4.91. The zero-order valence-electron chi connectivity index (χ0n) is 15.5. The van der Waals surface area contributed by atoms with E-state index in [4.69, 9.17) is 27.6 Å². The zero-order chi connectivity index (χ0) is 19.1. The standard InChI is InChI=1S/C21H25Cl2N3O/c1-2-12-26(15-17-6-8-21(23)27-17)13-4-3-10-24-19-9-11-25-20-14-16(22)5-7-18(19)20/h5-9,11,14H,2-4,10,12-13,15H2,1H3,(H,24,25). The van der Waals surface area contributed by atoms with Crippen molar-refractivity contribution in [2.75, 3.05) is 25.0 Å². The molecule has 3 rings (SSSR count). The Morgan fingerprint density at radius 1 is 1.07 bits per heavy atom. The monoisotopic (exact) mass is 405 g/mol. The average molecular weight is 406 g/mol. The van der Waals surface area contributed by atoms with Gasteiger partial charge in [-0.3, -0.25) is 9.88 Å². The van der Waals surface area contributed by atoms with E-state index in [1.807, 2.05) is 36.5 Å². The quantitative estimate of drug-likeness (QED) is 0.405. The molecule has 1 aromatic carbocycles. The van der Waals surface area contributed by atoms with Gasteiger partial charge in [-0.15, -0.1) is 0 Å². The molecule has 0 spiro atoms. The fraction of sp³-hybridized carbons (Fsp3) is 0.381. The maximum atomic E-state index is 6.05. The van der Waals surface area contributed by atoms with E-state index in [-0.39, 0.29) is 0 Å². The lowest BCUT2D eigenvalue weighted by Gasteiger charge is -2.20. The van der Waals surface area contributed by atoms with Gasteiger partial charge in [0.15, 0.2) is 5.22 Å². The Morgan fingerprint density at radius 2 is 1.96 bits per heavy atom. The number of furan rings is 1. The minimum Gasteiger partial charge on any atom is -0.448 e. The second-order valence-corrected chi connectivity index (χ2v) is 7.44. The third kappa shape index (κ3) is 5.86. The molecule has 144 valence electrons. The SMILES string of the molecule is CCCN(CCCCNc1ccnc2cc(Cl)ccc12)Cc1ccc(Cl)o1. The van der Waals surface area contributed by atoms with E-state index in [9.17, 15) is 0 Å². The molecule has 0 aliphatic heterocycles. The van der Waals surface area contributed by atoms with Crippen LogP contribution in [0.1, 0.15) is 31.9 Å². The van der Waals surface area contributed by atoms with Crippen LogP contribution >= 0.6 is 23.2 Å². The molecule has 27 heavy (non-hydrogen) atoms. The highest BCUT2D eigenvalue weighted by Crippen LogP contribution is 2.24. The summed E-state index contributed by atoms with van der Waals surface area (Å²) in [6.45, 7) is 6.03. The van der Waals surface area contributed by atoms with Crippen LogP contribution in [0.25, 0.3) is 10.9 Å². The minimum atomic E-state index is 0.455. The highest BCUT2D eigenvalue weighted by Gasteiger charge is 2.08. The second-order valence-electron chi connectivity index (χ2n) is 6.64. The molecular formula is C21H25Cl2N3O. The number of pyridine rings is 1. The minimum absolute atomic E-state index is 0.455. The molecule has 0 aliphatic carbocycles. The van der Waals surface area contributed by atoms with Crippen LogP contribution in [0.15, 0.2) is 47.0 Å². The van der Waals surface area contributed by atoms with E-state index in [1.165, 1.54) is 0 Å². The molecule has 0 saturated carbocycles. The number of aromatic nitrogens is 1. The lowest BCUT2D eigenvalue weighted by Crippen LogP contribution is -2.25. The zero-order valence-corrected chi connectivity index (χ0v) is 17.1. The Labute approximate surface area is 170 Å². The molecule has 0 unspecified atom stereocenters. The maximum absolute atomic E-state index is 6.05. The van der Waals surface area contributed by atoms with Crippen LogP contribution in [-0.2, 0) is 6.54 Å². The number of hydrogen-bond donors (Lipinski definition) is 1. The van der Waals surface area contributed by atoms with E-state index in [1.54, 1.807) is 6.07 Å². The summed E-state index contributed by atoms with van der Waals surface area (Å²) >= 11 is 11.9. The fourth-order valence-electron chi connectivity index (χ4n) is 3.20. The number of hydrogen-bond acceptors (Lipinski definition) is 4. The van der Waals surface area contributed by atoms with Crippen LogP contribution in [0.5, 0.6) is 0 Å². The molecule has 0 atom stereocenters. The molecule has 4 nitrogen and oxygen atoms in total. The Morgan fingerprint density at radius 3 is 2.74 bits per heavy atom. The normalized spacial score (nSPS) is 11.4. The van der Waals surface area contributed by atoms with E-state index in [0.29, 0.717) is 10.2 Å². The molecule has 2 aromatic heterocycles. The first-order valence-electron chi connectivity index (χ1n) is 9.40. The van der Waals surface area contributed by atoms with Crippen LogP contribution in [0.2, 0.25) is 10.2 Å². The first kappa shape index (κ1) is 20.0. The first-order chi connectivity index (χ1) is 13.2. The van der Waals surface area contributed by atoms with Gasteiger partial charge in [-0.1, -0.05) is 18.5 Å². The number of unbranched alkanes of at least 4 members (excludes halogenated alkanes) is 1. The first-order valence-corrected chi connectivity index (χ1v) is 10.2. The summed E-state index contributed by atoms with van der Waals surface area (Å²) in [6, 6.07) is 11.6. The number of halogens is 2. The Bertz CT molecular complexity index is 866. The van der Waals surface area contributed by atoms with Crippen LogP contribution in [-0.4, -0.2) is 29.5 Å². The van der Waals surface area contributed by atoms with Gasteiger partial charge in [0.2, 0.25) is 0 Å². The van der Waals surface area contributed by atoms with Crippen molar-refractivity contribution in [2.45, 2.75) is 32.7 Å². The van der Waals surface area contributed by atoms with Crippen molar-refractivity contribution >= 4 is 39.8 Å². The van der Waals surface area contributed by atoms with Crippen molar-refractivity contribution in [3.63, 3.8) is 0 Å². The predicted octanol–water partition coefficient (Wildman–Crippen LogP) is 6.24. The van der Waals surface area contributed by atoms with Crippen molar-refractivity contribution in [1.82, 2.24) is 9.88 Å². The molecule has 6 heteroatoms. The predicted molar refractivity (Wildman–Crippen MR) is 114 cm³/mol. The van der Waals surface area contributed by atoms with E-state index in [0.717, 1.165) is 67.8 Å². The molecule has 0 saturated heterocycles.